The van der Waals surface area contributed by atoms with Gasteiger partial charge in [-0.15, -0.1) is 0 Å². The topological polar surface area (TPSA) is 84.6 Å². The zero-order valence-corrected chi connectivity index (χ0v) is 11.6. The van der Waals surface area contributed by atoms with Crippen molar-refractivity contribution in [1.82, 2.24) is 5.43 Å². The summed E-state index contributed by atoms with van der Waals surface area (Å²) in [6.07, 6.45) is 0. The Morgan fingerprint density at radius 2 is 1.86 bits per heavy atom. The minimum Gasteiger partial charge on any atom is -0.267 e. The van der Waals surface area contributed by atoms with Gasteiger partial charge < -0.3 is 0 Å². The normalized spacial score (nSPS) is 11.1. The molecule has 0 atom stereocenters. The molecule has 7 heteroatoms. The molecule has 0 aromatic heterocycles. The maximum atomic E-state index is 12.8. The predicted molar refractivity (Wildman–Crippen MR) is 79.2 cm³/mol. The molecule has 1 N–H and O–H groups in total. The largest absolute Gasteiger partial charge is 0.271 e. The van der Waals surface area contributed by atoms with Crippen molar-refractivity contribution in [2.75, 3.05) is 0 Å². The molecule has 6 nitrogen and oxygen atoms in total. The number of carbonyl (C=O) groups excluding carboxylic acids is 1. The van der Waals surface area contributed by atoms with Gasteiger partial charge in [-0.25, -0.2) is 9.82 Å². The zero-order chi connectivity index (χ0) is 16.1. The van der Waals surface area contributed by atoms with E-state index in [1.165, 1.54) is 42.5 Å². The van der Waals surface area contributed by atoms with Gasteiger partial charge in [-0.3, -0.25) is 14.9 Å². The molecule has 2 rings (SSSR count). The Hall–Kier alpha value is -3.09. The Labute approximate surface area is 125 Å². The lowest BCUT2D eigenvalue weighted by molar-refractivity contribution is -0.384. The van der Waals surface area contributed by atoms with Gasteiger partial charge in [0.15, 0.2) is 0 Å². The molecule has 0 saturated carbocycles. The number of nitro benzene ring substituents is 1. The number of amides is 1. The Kier molecular flexibility index (Phi) is 4.57. The van der Waals surface area contributed by atoms with Crippen molar-refractivity contribution in [2.45, 2.75) is 6.92 Å². The molecule has 1 amide bonds. The summed E-state index contributed by atoms with van der Waals surface area (Å²) < 4.78 is 12.8. The van der Waals surface area contributed by atoms with Crippen molar-refractivity contribution >= 4 is 17.3 Å². The lowest BCUT2D eigenvalue weighted by atomic mass is 10.1. The first-order valence-corrected chi connectivity index (χ1v) is 6.32. The van der Waals surface area contributed by atoms with E-state index in [-0.39, 0.29) is 17.1 Å². The van der Waals surface area contributed by atoms with E-state index in [0.717, 1.165) is 6.07 Å². The van der Waals surface area contributed by atoms with E-state index in [4.69, 9.17) is 0 Å². The van der Waals surface area contributed by atoms with Crippen LogP contribution >= 0.6 is 0 Å². The van der Waals surface area contributed by atoms with E-state index in [1.807, 2.05) is 0 Å². The molecule has 0 aliphatic heterocycles. The summed E-state index contributed by atoms with van der Waals surface area (Å²) >= 11 is 0. The first-order chi connectivity index (χ1) is 10.5. The molecular weight excluding hydrogens is 289 g/mol. The van der Waals surface area contributed by atoms with Crippen LogP contribution in [-0.4, -0.2) is 16.5 Å². The molecule has 0 aliphatic carbocycles. The van der Waals surface area contributed by atoms with E-state index in [2.05, 4.69) is 10.5 Å². The van der Waals surface area contributed by atoms with Crippen molar-refractivity contribution in [1.29, 1.82) is 0 Å². The maximum absolute atomic E-state index is 12.8. The van der Waals surface area contributed by atoms with Crippen molar-refractivity contribution in [2.24, 2.45) is 5.10 Å². The highest BCUT2D eigenvalue weighted by atomic mass is 19.1. The van der Waals surface area contributed by atoms with Gasteiger partial charge in [-0.2, -0.15) is 5.10 Å². The van der Waals surface area contributed by atoms with Gasteiger partial charge in [0.1, 0.15) is 5.82 Å². The molecule has 2 aromatic rings. The number of non-ortho nitro benzene ring substituents is 1. The lowest BCUT2D eigenvalue weighted by Gasteiger charge is -2.03. The first-order valence-electron chi connectivity index (χ1n) is 6.32. The van der Waals surface area contributed by atoms with Crippen molar-refractivity contribution in [3.63, 3.8) is 0 Å². The van der Waals surface area contributed by atoms with Gasteiger partial charge >= 0.3 is 0 Å². The second kappa shape index (κ2) is 6.57. The Morgan fingerprint density at radius 3 is 2.50 bits per heavy atom. The number of halogens is 1. The molecule has 0 radical (unpaired) electrons. The van der Waals surface area contributed by atoms with Crippen LogP contribution in [0.4, 0.5) is 10.1 Å². The predicted octanol–water partition coefficient (Wildman–Crippen LogP) is 2.89. The summed E-state index contributed by atoms with van der Waals surface area (Å²) in [7, 11) is 0. The Balaban J connectivity index is 2.11. The van der Waals surface area contributed by atoms with Crippen LogP contribution in [0.1, 0.15) is 22.8 Å². The van der Waals surface area contributed by atoms with Gasteiger partial charge in [0.05, 0.1) is 10.6 Å². The standard InChI is InChI=1S/C15H12FN3O3/c1-10(11-5-7-13(16)8-6-11)17-18-15(20)12-3-2-4-14(9-12)19(21)22/h2-9H,1H3,(H,18,20). The number of carbonyl (C=O) groups is 1. The van der Waals surface area contributed by atoms with E-state index < -0.39 is 10.8 Å². The minimum atomic E-state index is -0.580. The molecule has 2 aromatic carbocycles. The number of nitrogens with zero attached hydrogens (tertiary/aromatic N) is 2. The number of hydrazone groups is 1. The fourth-order valence-electron chi connectivity index (χ4n) is 1.72. The summed E-state index contributed by atoms with van der Waals surface area (Å²) in [4.78, 5) is 22.0. The van der Waals surface area contributed by atoms with Crippen molar-refractivity contribution in [3.05, 3.63) is 75.6 Å². The smallest absolute Gasteiger partial charge is 0.267 e. The van der Waals surface area contributed by atoms with Crippen molar-refractivity contribution in [3.8, 4) is 0 Å². The Morgan fingerprint density at radius 1 is 1.18 bits per heavy atom. The summed E-state index contributed by atoms with van der Waals surface area (Å²) in [6, 6.07) is 11.0. The number of benzene rings is 2. The van der Waals surface area contributed by atoms with E-state index in [1.54, 1.807) is 6.92 Å². The average molecular weight is 301 g/mol. The van der Waals surface area contributed by atoms with E-state index >= 15 is 0 Å². The second-order valence-electron chi connectivity index (χ2n) is 4.45. The number of nitrogens with one attached hydrogen (secondary N) is 1. The van der Waals surface area contributed by atoms with Crippen LogP contribution in [0.5, 0.6) is 0 Å². The minimum absolute atomic E-state index is 0.129. The van der Waals surface area contributed by atoms with Crippen LogP contribution in [0.3, 0.4) is 0 Å². The fourth-order valence-corrected chi connectivity index (χ4v) is 1.72. The van der Waals surface area contributed by atoms with Gasteiger partial charge in [-0.1, -0.05) is 18.2 Å². The average Bonchev–Trinajstić information content (AvgIpc) is 2.53. The first kappa shape index (κ1) is 15.3. The van der Waals surface area contributed by atoms with Crippen LogP contribution in [0, 0.1) is 15.9 Å². The molecule has 0 fully saturated rings. The number of hydrogen-bond acceptors (Lipinski definition) is 4. The van der Waals surface area contributed by atoms with Gasteiger partial charge in [-0.05, 0) is 30.7 Å². The third-order valence-electron chi connectivity index (χ3n) is 2.91. The lowest BCUT2D eigenvalue weighted by Crippen LogP contribution is -2.19. The summed E-state index contributed by atoms with van der Waals surface area (Å²) in [5.41, 5.74) is 3.40. The molecule has 0 saturated heterocycles. The molecule has 0 bridgehead atoms. The van der Waals surface area contributed by atoms with E-state index in [9.17, 15) is 19.3 Å². The molecule has 0 unspecified atom stereocenters. The van der Waals surface area contributed by atoms with Crippen LogP contribution < -0.4 is 5.43 Å². The van der Waals surface area contributed by atoms with Crippen LogP contribution in [0.25, 0.3) is 0 Å². The second-order valence-corrected chi connectivity index (χ2v) is 4.45. The van der Waals surface area contributed by atoms with Crippen molar-refractivity contribution < 1.29 is 14.1 Å². The molecule has 0 aliphatic rings. The monoisotopic (exact) mass is 301 g/mol. The van der Waals surface area contributed by atoms with Crippen LogP contribution in [0.2, 0.25) is 0 Å². The summed E-state index contributed by atoms with van der Waals surface area (Å²) in [5.74, 6) is -0.928. The number of nitro groups is 1. The highest BCUT2D eigenvalue weighted by Crippen LogP contribution is 2.13. The van der Waals surface area contributed by atoms with Crippen LogP contribution in [0.15, 0.2) is 53.6 Å². The third-order valence-corrected chi connectivity index (χ3v) is 2.91. The number of hydrogen-bond donors (Lipinski definition) is 1. The molecular formula is C15H12FN3O3. The summed E-state index contributed by atoms with van der Waals surface area (Å²) in [5, 5.41) is 14.6. The highest BCUT2D eigenvalue weighted by molar-refractivity contribution is 6.00. The zero-order valence-electron chi connectivity index (χ0n) is 11.6. The molecule has 0 spiro atoms. The van der Waals surface area contributed by atoms with Gasteiger partial charge in [0, 0.05) is 17.7 Å². The molecule has 112 valence electrons. The SMILES string of the molecule is CC(=NNC(=O)c1cccc([N+](=O)[O-])c1)c1ccc(F)cc1. The fraction of sp³-hybridized carbons (Fsp3) is 0.0667. The molecule has 0 heterocycles. The summed E-state index contributed by atoms with van der Waals surface area (Å²) in [6.45, 7) is 1.65. The van der Waals surface area contributed by atoms with E-state index in [0.29, 0.717) is 11.3 Å². The third kappa shape index (κ3) is 3.72. The van der Waals surface area contributed by atoms with Gasteiger partial charge in [0.2, 0.25) is 0 Å². The maximum Gasteiger partial charge on any atom is 0.271 e. The van der Waals surface area contributed by atoms with Gasteiger partial charge in [0.25, 0.3) is 11.6 Å². The quantitative estimate of drug-likeness (QED) is 0.535. The van der Waals surface area contributed by atoms with Crippen LogP contribution in [-0.2, 0) is 0 Å². The number of rotatable bonds is 4. The molecule has 22 heavy (non-hydrogen) atoms. The Bertz CT molecular complexity index is 742. The highest BCUT2D eigenvalue weighted by Gasteiger charge is 2.11.